The molecule has 0 saturated carbocycles. The van der Waals surface area contributed by atoms with E-state index in [1.165, 1.54) is 0 Å². The molecule has 21 heavy (non-hydrogen) atoms. The van der Waals surface area contributed by atoms with Crippen molar-refractivity contribution >= 4 is 11.6 Å². The van der Waals surface area contributed by atoms with Crippen LogP contribution in [0.4, 0.5) is 5.69 Å². The Morgan fingerprint density at radius 3 is 2.90 bits per heavy atom. The lowest BCUT2D eigenvalue weighted by Gasteiger charge is -2.33. The molecule has 1 fully saturated rings. The number of benzene rings is 1. The van der Waals surface area contributed by atoms with E-state index >= 15 is 0 Å². The minimum atomic E-state index is -0.465. The van der Waals surface area contributed by atoms with Crippen LogP contribution in [0.15, 0.2) is 24.3 Å². The Bertz CT molecular complexity index is 479. The molecule has 4 heteroatoms. The fourth-order valence-electron chi connectivity index (χ4n) is 2.45. The predicted molar refractivity (Wildman–Crippen MR) is 85.7 cm³/mol. The third kappa shape index (κ3) is 4.46. The Kier molecular flexibility index (Phi) is 5.23. The van der Waals surface area contributed by atoms with Gasteiger partial charge in [0.2, 0.25) is 5.91 Å². The molecule has 1 aliphatic heterocycles. The molecule has 1 aromatic rings. The third-order valence-electron chi connectivity index (χ3n) is 3.80. The molecule has 1 heterocycles. The lowest BCUT2D eigenvalue weighted by Crippen LogP contribution is -2.54. The fourth-order valence-corrected chi connectivity index (χ4v) is 2.45. The van der Waals surface area contributed by atoms with Crippen molar-refractivity contribution in [2.45, 2.75) is 45.6 Å². The van der Waals surface area contributed by atoms with Gasteiger partial charge in [-0.05, 0) is 50.8 Å². The van der Waals surface area contributed by atoms with Gasteiger partial charge in [-0.15, -0.1) is 0 Å². The minimum Gasteiger partial charge on any atom is -0.493 e. The molecule has 4 nitrogen and oxygen atoms in total. The third-order valence-corrected chi connectivity index (χ3v) is 3.80. The Morgan fingerprint density at radius 1 is 1.43 bits per heavy atom. The summed E-state index contributed by atoms with van der Waals surface area (Å²) >= 11 is 0. The second-order valence-corrected chi connectivity index (χ2v) is 6.40. The van der Waals surface area contributed by atoms with Crippen molar-refractivity contribution in [2.75, 3.05) is 18.5 Å². The fraction of sp³-hybridized carbons (Fsp3) is 0.588. The summed E-state index contributed by atoms with van der Waals surface area (Å²) in [7, 11) is 0. The Balaban J connectivity index is 1.98. The number of ether oxygens (including phenoxy) is 1. The highest BCUT2D eigenvalue weighted by Crippen LogP contribution is 2.23. The number of carbonyl (C=O) groups is 1. The molecule has 1 aromatic carbocycles. The molecular formula is C17H26N2O2. The SMILES string of the molecule is CC(C)COc1cccc(NC(=O)C2(C)CCCCN2)c1. The number of rotatable bonds is 5. The molecule has 1 amide bonds. The van der Waals surface area contributed by atoms with Crippen LogP contribution < -0.4 is 15.4 Å². The van der Waals surface area contributed by atoms with Gasteiger partial charge in [0, 0.05) is 11.8 Å². The van der Waals surface area contributed by atoms with Gasteiger partial charge in [-0.1, -0.05) is 19.9 Å². The molecule has 0 aliphatic carbocycles. The maximum Gasteiger partial charge on any atom is 0.244 e. The van der Waals surface area contributed by atoms with Crippen molar-refractivity contribution in [1.29, 1.82) is 0 Å². The molecule has 1 unspecified atom stereocenters. The van der Waals surface area contributed by atoms with Crippen LogP contribution in [0.3, 0.4) is 0 Å². The van der Waals surface area contributed by atoms with Crippen LogP contribution in [0.5, 0.6) is 5.75 Å². The summed E-state index contributed by atoms with van der Waals surface area (Å²) < 4.78 is 5.69. The lowest BCUT2D eigenvalue weighted by atomic mass is 9.90. The summed E-state index contributed by atoms with van der Waals surface area (Å²) in [4.78, 5) is 12.5. The van der Waals surface area contributed by atoms with E-state index in [0.717, 1.165) is 37.2 Å². The highest BCUT2D eigenvalue weighted by Gasteiger charge is 2.34. The van der Waals surface area contributed by atoms with E-state index in [4.69, 9.17) is 4.74 Å². The smallest absolute Gasteiger partial charge is 0.244 e. The second-order valence-electron chi connectivity index (χ2n) is 6.40. The Hall–Kier alpha value is -1.55. The molecule has 1 saturated heterocycles. The molecule has 1 atom stereocenters. The summed E-state index contributed by atoms with van der Waals surface area (Å²) in [6, 6.07) is 7.60. The number of anilines is 1. The number of amides is 1. The van der Waals surface area contributed by atoms with E-state index in [1.807, 2.05) is 31.2 Å². The lowest BCUT2D eigenvalue weighted by molar-refractivity contribution is -0.122. The summed E-state index contributed by atoms with van der Waals surface area (Å²) in [5.41, 5.74) is 0.322. The topological polar surface area (TPSA) is 50.4 Å². The largest absolute Gasteiger partial charge is 0.493 e. The summed E-state index contributed by atoms with van der Waals surface area (Å²) in [5.74, 6) is 1.31. The zero-order valence-corrected chi connectivity index (χ0v) is 13.2. The van der Waals surface area contributed by atoms with Crippen molar-refractivity contribution in [3.8, 4) is 5.75 Å². The van der Waals surface area contributed by atoms with Crippen LogP contribution >= 0.6 is 0 Å². The molecule has 2 rings (SSSR count). The normalized spacial score (nSPS) is 22.1. The highest BCUT2D eigenvalue weighted by atomic mass is 16.5. The molecule has 0 bridgehead atoms. The van der Waals surface area contributed by atoms with Gasteiger partial charge in [0.05, 0.1) is 12.1 Å². The standard InChI is InChI=1S/C17H26N2O2/c1-13(2)12-21-15-8-6-7-14(11-15)19-16(20)17(3)9-4-5-10-18-17/h6-8,11,13,18H,4-5,9-10,12H2,1-3H3,(H,19,20). The van der Waals surface area contributed by atoms with E-state index in [9.17, 15) is 4.79 Å². The summed E-state index contributed by atoms with van der Waals surface area (Å²) in [6.07, 6.45) is 3.11. The second kappa shape index (κ2) is 6.94. The number of piperidine rings is 1. The van der Waals surface area contributed by atoms with Crippen LogP contribution in [-0.2, 0) is 4.79 Å². The molecule has 2 N–H and O–H groups in total. The number of nitrogens with one attached hydrogen (secondary N) is 2. The van der Waals surface area contributed by atoms with E-state index in [-0.39, 0.29) is 5.91 Å². The van der Waals surface area contributed by atoms with Crippen molar-refractivity contribution in [3.63, 3.8) is 0 Å². The summed E-state index contributed by atoms with van der Waals surface area (Å²) in [6.45, 7) is 7.78. The Labute approximate surface area is 127 Å². The first-order chi connectivity index (χ1) is 9.99. The zero-order valence-electron chi connectivity index (χ0n) is 13.2. The maximum atomic E-state index is 12.5. The van der Waals surface area contributed by atoms with Crippen LogP contribution in [0.2, 0.25) is 0 Å². The number of carbonyl (C=O) groups excluding carboxylic acids is 1. The van der Waals surface area contributed by atoms with Crippen LogP contribution in [-0.4, -0.2) is 24.6 Å². The van der Waals surface area contributed by atoms with Gasteiger partial charge in [0.15, 0.2) is 0 Å². The molecular weight excluding hydrogens is 264 g/mol. The van der Waals surface area contributed by atoms with Crippen molar-refractivity contribution in [3.05, 3.63) is 24.3 Å². The van der Waals surface area contributed by atoms with Gasteiger partial charge in [0.25, 0.3) is 0 Å². The zero-order chi connectivity index (χ0) is 15.3. The van der Waals surface area contributed by atoms with Crippen molar-refractivity contribution in [1.82, 2.24) is 5.32 Å². The molecule has 0 aromatic heterocycles. The first kappa shape index (κ1) is 15.8. The number of hydrogen-bond donors (Lipinski definition) is 2. The number of hydrogen-bond acceptors (Lipinski definition) is 3. The molecule has 1 aliphatic rings. The Morgan fingerprint density at radius 2 is 2.24 bits per heavy atom. The highest BCUT2D eigenvalue weighted by molar-refractivity contribution is 5.98. The predicted octanol–water partition coefficient (Wildman–Crippen LogP) is 3.19. The van der Waals surface area contributed by atoms with Gasteiger partial charge >= 0.3 is 0 Å². The van der Waals surface area contributed by atoms with Crippen molar-refractivity contribution in [2.24, 2.45) is 5.92 Å². The van der Waals surface area contributed by atoms with Gasteiger partial charge in [-0.25, -0.2) is 0 Å². The molecule has 0 spiro atoms. The van der Waals surface area contributed by atoms with Gasteiger partial charge in [-0.3, -0.25) is 4.79 Å². The quantitative estimate of drug-likeness (QED) is 0.875. The minimum absolute atomic E-state index is 0.0307. The van der Waals surface area contributed by atoms with E-state index in [2.05, 4.69) is 24.5 Å². The van der Waals surface area contributed by atoms with Crippen LogP contribution in [0.25, 0.3) is 0 Å². The van der Waals surface area contributed by atoms with Gasteiger partial charge in [-0.2, -0.15) is 0 Å². The molecule has 116 valence electrons. The maximum absolute atomic E-state index is 12.5. The van der Waals surface area contributed by atoms with Crippen molar-refractivity contribution < 1.29 is 9.53 Å². The van der Waals surface area contributed by atoms with Crippen LogP contribution in [0.1, 0.15) is 40.0 Å². The summed E-state index contributed by atoms with van der Waals surface area (Å²) in [5, 5.41) is 6.33. The molecule has 0 radical (unpaired) electrons. The van der Waals surface area contributed by atoms with Crippen LogP contribution in [0, 0.1) is 5.92 Å². The van der Waals surface area contributed by atoms with E-state index < -0.39 is 5.54 Å². The average molecular weight is 290 g/mol. The van der Waals surface area contributed by atoms with Gasteiger partial charge in [0.1, 0.15) is 5.75 Å². The first-order valence-electron chi connectivity index (χ1n) is 7.79. The first-order valence-corrected chi connectivity index (χ1v) is 7.79. The monoisotopic (exact) mass is 290 g/mol. The average Bonchev–Trinajstić information content (AvgIpc) is 2.46. The van der Waals surface area contributed by atoms with E-state index in [0.29, 0.717) is 12.5 Å². The van der Waals surface area contributed by atoms with Gasteiger partial charge < -0.3 is 15.4 Å². The van der Waals surface area contributed by atoms with E-state index in [1.54, 1.807) is 0 Å².